The van der Waals surface area contributed by atoms with Crippen molar-refractivity contribution in [2.24, 2.45) is 0 Å². The molecular formula is C3H6CoO3. The summed E-state index contributed by atoms with van der Waals surface area (Å²) in [6.07, 6.45) is 0.111. The van der Waals surface area contributed by atoms with Crippen molar-refractivity contribution < 1.29 is 32.2 Å². The summed E-state index contributed by atoms with van der Waals surface area (Å²) < 4.78 is 0. The normalized spacial score (nSPS) is 5.29. The quantitative estimate of drug-likeness (QED) is 0.478. The first-order chi connectivity index (χ1) is 2.27. The van der Waals surface area contributed by atoms with Gasteiger partial charge >= 0.3 is 16.8 Å². The van der Waals surface area contributed by atoms with Gasteiger partial charge in [0.15, 0.2) is 0 Å². The van der Waals surface area contributed by atoms with Gasteiger partial charge in [0.2, 0.25) is 0 Å². The van der Waals surface area contributed by atoms with Crippen molar-refractivity contribution in [3.05, 3.63) is 0 Å². The second-order valence-electron chi connectivity index (χ2n) is 0.726. The smallest absolute Gasteiger partial charge is 0.870 e. The van der Waals surface area contributed by atoms with Gasteiger partial charge in [-0.15, -0.1) is 0 Å². The fraction of sp³-hybridized carbons (Fsp3) is 0.667. The third-order valence-corrected chi connectivity index (χ3v) is 0.289. The van der Waals surface area contributed by atoms with Gasteiger partial charge < -0.3 is 15.4 Å². The Hall–Kier alpha value is -0.0635. The number of hydrogen-bond donors (Lipinski definition) is 0. The molecule has 0 saturated heterocycles. The van der Waals surface area contributed by atoms with E-state index in [1.807, 2.05) is 0 Å². The molecule has 0 aliphatic rings. The Balaban J connectivity index is -0.0000000800. The molecule has 0 aromatic rings. The van der Waals surface area contributed by atoms with Crippen molar-refractivity contribution >= 4 is 5.97 Å². The van der Waals surface area contributed by atoms with E-state index in [0.717, 1.165) is 0 Å². The number of carbonyl (C=O) groups is 1. The van der Waals surface area contributed by atoms with E-state index in [2.05, 4.69) is 0 Å². The van der Waals surface area contributed by atoms with Crippen LogP contribution in [0.15, 0.2) is 0 Å². The van der Waals surface area contributed by atoms with Gasteiger partial charge in [-0.1, -0.05) is 6.92 Å². The third kappa shape index (κ3) is 24.5. The van der Waals surface area contributed by atoms with Crippen LogP contribution in [0.5, 0.6) is 0 Å². The Kier molecular flexibility index (Phi) is 21.0. The van der Waals surface area contributed by atoms with Gasteiger partial charge in [0, 0.05) is 5.97 Å². The van der Waals surface area contributed by atoms with E-state index < -0.39 is 5.97 Å². The third-order valence-electron chi connectivity index (χ3n) is 0.289. The second-order valence-corrected chi connectivity index (χ2v) is 0.726. The average Bonchev–Trinajstić information content (AvgIpc) is 1.38. The first-order valence-corrected chi connectivity index (χ1v) is 1.47. The predicted molar refractivity (Wildman–Crippen MR) is 17.2 cm³/mol. The number of carboxylic acids is 1. The standard InChI is InChI=1S/C3H6O2.Co.H2O/c1-2-3(4)5;;/h2H2,1H3,(H,4,5);;1H2/q;+2;/p-2. The van der Waals surface area contributed by atoms with Crippen LogP contribution in [0, 0.1) is 0 Å². The molecule has 0 atom stereocenters. The van der Waals surface area contributed by atoms with Crippen molar-refractivity contribution in [3.63, 3.8) is 0 Å². The van der Waals surface area contributed by atoms with E-state index in [9.17, 15) is 9.90 Å². The summed E-state index contributed by atoms with van der Waals surface area (Å²) in [7, 11) is 0. The van der Waals surface area contributed by atoms with Crippen molar-refractivity contribution in [2.75, 3.05) is 0 Å². The molecule has 0 aliphatic heterocycles. The maximum atomic E-state index is 9.26. The van der Waals surface area contributed by atoms with Crippen LogP contribution >= 0.6 is 0 Å². The largest absolute Gasteiger partial charge is 2.00 e. The molecule has 45 valence electrons. The number of hydrogen-bond acceptors (Lipinski definition) is 3. The Bertz CT molecular complexity index is 45.4. The molecule has 3 nitrogen and oxygen atoms in total. The predicted octanol–water partition coefficient (Wildman–Crippen LogP) is -1.03. The van der Waals surface area contributed by atoms with Crippen molar-refractivity contribution in [2.45, 2.75) is 13.3 Å². The molecule has 0 heterocycles. The topological polar surface area (TPSA) is 70.1 Å². The van der Waals surface area contributed by atoms with Crippen LogP contribution in [0.4, 0.5) is 0 Å². The maximum Gasteiger partial charge on any atom is 2.00 e. The molecular weight excluding hydrogens is 143 g/mol. The van der Waals surface area contributed by atoms with E-state index in [1.54, 1.807) is 0 Å². The number of carboxylic acid groups (broad SMARTS) is 1. The molecule has 0 saturated carbocycles. The molecule has 0 aliphatic carbocycles. The summed E-state index contributed by atoms with van der Waals surface area (Å²) in [6, 6.07) is 0. The molecule has 4 heteroatoms. The van der Waals surface area contributed by atoms with Crippen LogP contribution in [0.3, 0.4) is 0 Å². The Morgan fingerprint density at radius 2 is 1.86 bits per heavy atom. The Labute approximate surface area is 52.2 Å². The van der Waals surface area contributed by atoms with Crippen LogP contribution in [-0.4, -0.2) is 11.4 Å². The average molecular weight is 149 g/mol. The van der Waals surface area contributed by atoms with Gasteiger partial charge in [0.05, 0.1) is 0 Å². The zero-order valence-corrected chi connectivity index (χ0v) is 4.85. The van der Waals surface area contributed by atoms with Crippen LogP contribution < -0.4 is 5.11 Å². The minimum atomic E-state index is -0.995. The fourth-order valence-electron chi connectivity index (χ4n) is 0. The van der Waals surface area contributed by atoms with Gasteiger partial charge in [-0.3, -0.25) is 0 Å². The SMILES string of the molecule is CCC(=O)[O-].[Co+2].[OH-]. The molecule has 7 heavy (non-hydrogen) atoms. The zero-order chi connectivity index (χ0) is 4.28. The molecule has 0 aromatic heterocycles. The van der Waals surface area contributed by atoms with Crippen LogP contribution in [0.1, 0.15) is 13.3 Å². The summed E-state index contributed by atoms with van der Waals surface area (Å²) in [6.45, 7) is 1.54. The Morgan fingerprint density at radius 1 is 1.71 bits per heavy atom. The van der Waals surface area contributed by atoms with Gasteiger partial charge in [0.1, 0.15) is 0 Å². The molecule has 0 rings (SSSR count). The minimum absolute atomic E-state index is 0. The molecule has 0 bridgehead atoms. The van der Waals surface area contributed by atoms with E-state index >= 15 is 0 Å². The molecule has 1 N–H and O–H groups in total. The minimum Gasteiger partial charge on any atom is -0.870 e. The molecule has 1 radical (unpaired) electrons. The molecule has 0 amide bonds. The van der Waals surface area contributed by atoms with E-state index in [0.29, 0.717) is 0 Å². The van der Waals surface area contributed by atoms with E-state index in [-0.39, 0.29) is 28.7 Å². The summed E-state index contributed by atoms with van der Waals surface area (Å²) in [5.41, 5.74) is 0. The first kappa shape index (κ1) is 15.8. The Morgan fingerprint density at radius 3 is 1.86 bits per heavy atom. The van der Waals surface area contributed by atoms with Crippen LogP contribution in [-0.2, 0) is 21.6 Å². The molecule has 0 fully saturated rings. The monoisotopic (exact) mass is 149 g/mol. The van der Waals surface area contributed by atoms with E-state index in [4.69, 9.17) is 0 Å². The molecule has 0 unspecified atom stereocenters. The van der Waals surface area contributed by atoms with Crippen molar-refractivity contribution in [3.8, 4) is 0 Å². The zero-order valence-electron chi connectivity index (χ0n) is 3.80. The van der Waals surface area contributed by atoms with Gasteiger partial charge in [-0.2, -0.15) is 0 Å². The summed E-state index contributed by atoms with van der Waals surface area (Å²) in [4.78, 5) is 9.26. The summed E-state index contributed by atoms with van der Waals surface area (Å²) >= 11 is 0. The number of carbonyl (C=O) groups excluding carboxylic acids is 1. The molecule has 0 spiro atoms. The first-order valence-electron chi connectivity index (χ1n) is 1.47. The maximum absolute atomic E-state index is 9.26. The van der Waals surface area contributed by atoms with Crippen LogP contribution in [0.2, 0.25) is 0 Å². The van der Waals surface area contributed by atoms with Gasteiger partial charge in [-0.25, -0.2) is 0 Å². The second kappa shape index (κ2) is 9.34. The summed E-state index contributed by atoms with van der Waals surface area (Å²) in [5, 5.41) is 9.26. The van der Waals surface area contributed by atoms with Gasteiger partial charge in [0.25, 0.3) is 0 Å². The van der Waals surface area contributed by atoms with Crippen molar-refractivity contribution in [1.29, 1.82) is 0 Å². The van der Waals surface area contributed by atoms with E-state index in [1.165, 1.54) is 6.92 Å². The summed E-state index contributed by atoms with van der Waals surface area (Å²) in [5.74, 6) is -0.995. The van der Waals surface area contributed by atoms with Crippen LogP contribution in [0.25, 0.3) is 0 Å². The fourth-order valence-corrected chi connectivity index (χ4v) is 0. The van der Waals surface area contributed by atoms with Crippen molar-refractivity contribution in [1.82, 2.24) is 0 Å². The number of aliphatic carboxylic acids is 1. The molecule has 0 aromatic carbocycles. The van der Waals surface area contributed by atoms with Gasteiger partial charge in [-0.05, 0) is 6.42 Å². The number of rotatable bonds is 1.